The van der Waals surface area contributed by atoms with Crippen LogP contribution in [0.5, 0.6) is 0 Å². The van der Waals surface area contributed by atoms with Crippen LogP contribution in [0.1, 0.15) is 37.9 Å². The van der Waals surface area contributed by atoms with Crippen molar-refractivity contribution in [2.75, 3.05) is 0 Å². The Morgan fingerprint density at radius 2 is 1.73 bits per heavy atom. The van der Waals surface area contributed by atoms with Gasteiger partial charge in [-0.05, 0) is 41.7 Å². The first-order chi connectivity index (χ1) is 12.2. The van der Waals surface area contributed by atoms with Crippen molar-refractivity contribution >= 4 is 10.9 Å². The minimum atomic E-state index is -4.39. The summed E-state index contributed by atoms with van der Waals surface area (Å²) in [6.07, 6.45) is -2.36. The molecule has 0 aliphatic heterocycles. The van der Waals surface area contributed by atoms with Crippen LogP contribution in [0, 0.1) is 5.92 Å². The van der Waals surface area contributed by atoms with E-state index in [-0.39, 0.29) is 11.6 Å². The predicted molar refractivity (Wildman–Crippen MR) is 99.8 cm³/mol. The molecule has 0 saturated heterocycles. The van der Waals surface area contributed by atoms with Gasteiger partial charge in [0, 0.05) is 29.7 Å². The lowest BCUT2D eigenvalue weighted by molar-refractivity contribution is -0.137. The van der Waals surface area contributed by atoms with E-state index in [9.17, 15) is 13.2 Å². The van der Waals surface area contributed by atoms with Crippen LogP contribution in [0.3, 0.4) is 0 Å². The first-order valence-corrected chi connectivity index (χ1v) is 8.73. The van der Waals surface area contributed by atoms with Crippen LogP contribution in [0.4, 0.5) is 13.2 Å². The van der Waals surface area contributed by atoms with Crippen LogP contribution in [0.2, 0.25) is 0 Å². The fraction of sp³-hybridized carbons (Fsp3) is 0.333. The van der Waals surface area contributed by atoms with Crippen molar-refractivity contribution in [1.82, 2.24) is 4.57 Å². The zero-order chi connectivity index (χ0) is 19.1. The number of nitrogens with zero attached hydrogens (tertiary/aromatic N) is 1. The monoisotopic (exact) mass is 360 g/mol. The van der Waals surface area contributed by atoms with Crippen LogP contribution < -0.4 is 5.73 Å². The molecule has 0 radical (unpaired) electrons. The lowest BCUT2D eigenvalue weighted by Gasteiger charge is -2.14. The van der Waals surface area contributed by atoms with Gasteiger partial charge >= 0.3 is 6.18 Å². The Morgan fingerprint density at radius 1 is 1.04 bits per heavy atom. The number of alkyl halides is 3. The molecule has 1 aromatic heterocycles. The van der Waals surface area contributed by atoms with E-state index in [1.165, 1.54) is 12.1 Å². The Bertz CT molecular complexity index is 921. The largest absolute Gasteiger partial charge is 0.417 e. The third kappa shape index (κ3) is 3.49. The van der Waals surface area contributed by atoms with Crippen molar-refractivity contribution in [2.45, 2.75) is 39.5 Å². The molecular formula is C21H23F3N2. The maximum absolute atomic E-state index is 13.4. The normalized spacial score (nSPS) is 13.5. The molecule has 2 aromatic carbocycles. The van der Waals surface area contributed by atoms with E-state index in [1.54, 1.807) is 12.1 Å². The maximum atomic E-state index is 13.4. The highest BCUT2D eigenvalue weighted by molar-refractivity contribution is 5.89. The second-order valence-electron chi connectivity index (χ2n) is 7.19. The number of rotatable bonds is 4. The molecule has 5 heteroatoms. The van der Waals surface area contributed by atoms with E-state index >= 15 is 0 Å². The van der Waals surface area contributed by atoms with Gasteiger partial charge in [-0.3, -0.25) is 0 Å². The average molecular weight is 360 g/mol. The fourth-order valence-corrected chi connectivity index (χ4v) is 3.38. The molecule has 0 bridgehead atoms. The van der Waals surface area contributed by atoms with Crippen molar-refractivity contribution in [2.24, 2.45) is 11.7 Å². The van der Waals surface area contributed by atoms with E-state index in [2.05, 4.69) is 18.4 Å². The first-order valence-electron chi connectivity index (χ1n) is 8.73. The Labute approximate surface area is 151 Å². The molecule has 0 spiro atoms. The minimum absolute atomic E-state index is 0.140. The van der Waals surface area contributed by atoms with Gasteiger partial charge in [-0.25, -0.2) is 0 Å². The Balaban J connectivity index is 2.22. The average Bonchev–Trinajstić information content (AvgIpc) is 2.91. The van der Waals surface area contributed by atoms with E-state index in [0.717, 1.165) is 29.1 Å². The van der Waals surface area contributed by atoms with Crippen LogP contribution in [0.15, 0.2) is 48.7 Å². The van der Waals surface area contributed by atoms with Crippen molar-refractivity contribution in [3.63, 3.8) is 0 Å². The van der Waals surface area contributed by atoms with E-state index < -0.39 is 11.7 Å². The quantitative estimate of drug-likeness (QED) is 0.607. The van der Waals surface area contributed by atoms with Crippen molar-refractivity contribution < 1.29 is 13.2 Å². The molecule has 138 valence electrons. The molecule has 0 amide bonds. The van der Waals surface area contributed by atoms with Gasteiger partial charge in [0.2, 0.25) is 0 Å². The molecule has 0 unspecified atom stereocenters. The zero-order valence-corrected chi connectivity index (χ0v) is 15.1. The fourth-order valence-electron chi connectivity index (χ4n) is 3.38. The molecule has 0 aliphatic rings. The Kier molecular flexibility index (Phi) is 4.84. The van der Waals surface area contributed by atoms with E-state index in [0.29, 0.717) is 11.5 Å². The summed E-state index contributed by atoms with van der Waals surface area (Å²) in [5, 5.41) is 0.994. The molecule has 0 aliphatic carbocycles. The molecular weight excluding hydrogens is 337 g/mol. The van der Waals surface area contributed by atoms with E-state index in [4.69, 9.17) is 5.73 Å². The van der Waals surface area contributed by atoms with Gasteiger partial charge < -0.3 is 10.3 Å². The summed E-state index contributed by atoms with van der Waals surface area (Å²) in [4.78, 5) is 0. The van der Waals surface area contributed by atoms with Gasteiger partial charge in [0.15, 0.2) is 0 Å². The third-order valence-electron chi connectivity index (χ3n) is 4.51. The molecule has 1 heterocycles. The van der Waals surface area contributed by atoms with Crippen molar-refractivity contribution in [1.29, 1.82) is 0 Å². The summed E-state index contributed by atoms with van der Waals surface area (Å²) in [6.45, 7) is 6.93. The predicted octanol–water partition coefficient (Wildman–Crippen LogP) is 6.00. The van der Waals surface area contributed by atoms with Crippen LogP contribution in [-0.4, -0.2) is 4.57 Å². The molecule has 1 atom stereocenters. The van der Waals surface area contributed by atoms with Crippen LogP contribution >= 0.6 is 0 Å². The van der Waals surface area contributed by atoms with E-state index in [1.807, 2.05) is 25.3 Å². The van der Waals surface area contributed by atoms with Gasteiger partial charge in [-0.1, -0.05) is 44.2 Å². The second kappa shape index (κ2) is 6.80. The number of halogens is 3. The summed E-state index contributed by atoms with van der Waals surface area (Å²) in [5.41, 5.74) is 8.16. The molecule has 3 aromatic rings. The SMILES string of the molecule is CC(C)Cn1cc([C@H](C)N)c2ccc(-c3ccccc3C(F)(F)F)cc21. The lowest BCUT2D eigenvalue weighted by atomic mass is 9.97. The number of fused-ring (bicyclic) bond motifs is 1. The summed E-state index contributed by atoms with van der Waals surface area (Å²) < 4.78 is 42.3. The van der Waals surface area contributed by atoms with Gasteiger partial charge in [0.05, 0.1) is 5.56 Å². The van der Waals surface area contributed by atoms with Gasteiger partial charge in [-0.15, -0.1) is 0 Å². The highest BCUT2D eigenvalue weighted by atomic mass is 19.4. The van der Waals surface area contributed by atoms with Crippen LogP contribution in [-0.2, 0) is 12.7 Å². The van der Waals surface area contributed by atoms with Gasteiger partial charge in [-0.2, -0.15) is 13.2 Å². The highest BCUT2D eigenvalue weighted by Gasteiger charge is 2.33. The number of nitrogens with two attached hydrogens (primary N) is 1. The standard InChI is InChI=1S/C21H23F3N2/c1-13(2)11-26-12-18(14(3)25)17-9-8-15(10-20(17)26)16-6-4-5-7-19(16)21(22,23)24/h4-10,12-14H,11,25H2,1-3H3/t14-/m0/s1. The Morgan fingerprint density at radius 3 is 2.35 bits per heavy atom. The van der Waals surface area contributed by atoms with Crippen molar-refractivity contribution in [3.05, 3.63) is 59.8 Å². The summed E-state index contributed by atoms with van der Waals surface area (Å²) in [7, 11) is 0. The molecule has 0 saturated carbocycles. The minimum Gasteiger partial charge on any atom is -0.347 e. The zero-order valence-electron chi connectivity index (χ0n) is 15.1. The smallest absolute Gasteiger partial charge is 0.347 e. The molecule has 26 heavy (non-hydrogen) atoms. The third-order valence-corrected chi connectivity index (χ3v) is 4.51. The Hall–Kier alpha value is -2.27. The summed E-state index contributed by atoms with van der Waals surface area (Å²) >= 11 is 0. The van der Waals surface area contributed by atoms with Gasteiger partial charge in [0.25, 0.3) is 0 Å². The maximum Gasteiger partial charge on any atom is 0.417 e. The second-order valence-corrected chi connectivity index (χ2v) is 7.19. The number of hydrogen-bond donors (Lipinski definition) is 1. The summed E-state index contributed by atoms with van der Waals surface area (Å²) in [5.74, 6) is 0.414. The lowest BCUT2D eigenvalue weighted by Crippen LogP contribution is -2.07. The molecule has 0 fully saturated rings. The van der Waals surface area contributed by atoms with Gasteiger partial charge in [0.1, 0.15) is 0 Å². The first kappa shape index (κ1) is 18.5. The molecule has 2 nitrogen and oxygen atoms in total. The van der Waals surface area contributed by atoms with Crippen molar-refractivity contribution in [3.8, 4) is 11.1 Å². The number of hydrogen-bond acceptors (Lipinski definition) is 1. The summed E-state index contributed by atoms with van der Waals surface area (Å²) in [6, 6.07) is 11.0. The number of aromatic nitrogens is 1. The molecule has 3 rings (SSSR count). The number of benzene rings is 2. The van der Waals surface area contributed by atoms with Crippen LogP contribution in [0.25, 0.3) is 22.0 Å². The molecule has 2 N–H and O–H groups in total. The topological polar surface area (TPSA) is 30.9 Å². The highest BCUT2D eigenvalue weighted by Crippen LogP contribution is 2.38.